The van der Waals surface area contributed by atoms with Gasteiger partial charge in [0, 0.05) is 6.54 Å². The Morgan fingerprint density at radius 1 is 1.00 bits per heavy atom. The Labute approximate surface area is 138 Å². The summed E-state index contributed by atoms with van der Waals surface area (Å²) in [5.74, 6) is 0.659. The topological polar surface area (TPSA) is 38.3 Å². The maximum absolute atomic E-state index is 12.3. The molecular weight excluding hydrogens is 286 g/mol. The molecule has 0 radical (unpaired) electrons. The molecule has 0 saturated carbocycles. The summed E-state index contributed by atoms with van der Waals surface area (Å²) >= 11 is 0. The van der Waals surface area contributed by atoms with Crippen LogP contribution in [0.4, 0.5) is 0 Å². The predicted octanol–water partition coefficient (Wildman–Crippen LogP) is 4.03. The lowest BCUT2D eigenvalue weighted by atomic mass is 10.1. The van der Waals surface area contributed by atoms with Gasteiger partial charge in [-0.15, -0.1) is 0 Å². The second kappa shape index (κ2) is 8.37. The minimum atomic E-state index is -0.465. The number of rotatable bonds is 7. The van der Waals surface area contributed by atoms with Crippen LogP contribution in [0.25, 0.3) is 0 Å². The van der Waals surface area contributed by atoms with Crippen molar-refractivity contribution in [1.29, 1.82) is 0 Å². The van der Waals surface area contributed by atoms with Gasteiger partial charge in [-0.1, -0.05) is 55.8 Å². The molecule has 0 aliphatic heterocycles. The number of benzene rings is 2. The second-order valence-corrected chi connectivity index (χ2v) is 5.72. The first-order chi connectivity index (χ1) is 11.1. The summed E-state index contributed by atoms with van der Waals surface area (Å²) in [6, 6.07) is 16.1. The number of hydrogen-bond acceptors (Lipinski definition) is 2. The maximum atomic E-state index is 12.3. The Morgan fingerprint density at radius 2 is 1.61 bits per heavy atom. The molecule has 2 aromatic rings. The largest absolute Gasteiger partial charge is 0.481 e. The van der Waals surface area contributed by atoms with Crippen LogP contribution in [0.1, 0.15) is 37.0 Å². The number of hydrogen-bond donors (Lipinski definition) is 1. The molecule has 0 aliphatic carbocycles. The smallest absolute Gasteiger partial charge is 0.261 e. The molecule has 0 aromatic heterocycles. The number of nitrogens with one attached hydrogen (secondary N) is 1. The number of carbonyl (C=O) groups excluding carboxylic acids is 1. The van der Waals surface area contributed by atoms with Gasteiger partial charge in [-0.2, -0.15) is 0 Å². The predicted molar refractivity (Wildman–Crippen MR) is 93.6 cm³/mol. The van der Waals surface area contributed by atoms with Crippen molar-refractivity contribution >= 4 is 5.91 Å². The summed E-state index contributed by atoms with van der Waals surface area (Å²) in [5, 5.41) is 2.95. The van der Waals surface area contributed by atoms with Gasteiger partial charge in [0.15, 0.2) is 6.10 Å². The zero-order valence-electron chi connectivity index (χ0n) is 14.1. The van der Waals surface area contributed by atoms with Gasteiger partial charge >= 0.3 is 0 Å². The third-order valence-corrected chi connectivity index (χ3v) is 3.86. The summed E-state index contributed by atoms with van der Waals surface area (Å²) in [6.07, 6.45) is 1.16. The average Bonchev–Trinajstić information content (AvgIpc) is 2.59. The van der Waals surface area contributed by atoms with E-state index in [1.54, 1.807) is 0 Å². The highest BCUT2D eigenvalue weighted by Gasteiger charge is 2.17. The van der Waals surface area contributed by atoms with E-state index in [2.05, 4.69) is 12.2 Å². The molecule has 0 bridgehead atoms. The van der Waals surface area contributed by atoms with E-state index in [-0.39, 0.29) is 5.91 Å². The monoisotopic (exact) mass is 311 g/mol. The zero-order valence-corrected chi connectivity index (χ0v) is 14.1. The fourth-order valence-corrected chi connectivity index (χ4v) is 2.30. The molecule has 0 spiro atoms. The van der Waals surface area contributed by atoms with Crippen LogP contribution in [0.2, 0.25) is 0 Å². The van der Waals surface area contributed by atoms with E-state index in [0.29, 0.717) is 13.0 Å². The Hall–Kier alpha value is -2.29. The molecule has 3 heteroatoms. The lowest BCUT2D eigenvalue weighted by Gasteiger charge is -2.17. The molecule has 122 valence electrons. The molecule has 0 saturated heterocycles. The first-order valence-corrected chi connectivity index (χ1v) is 8.21. The molecule has 2 rings (SSSR count). The molecule has 0 fully saturated rings. The normalized spacial score (nSPS) is 11.8. The van der Waals surface area contributed by atoms with Crippen LogP contribution < -0.4 is 10.1 Å². The Balaban J connectivity index is 1.90. The first kappa shape index (κ1) is 17.1. The Kier molecular flexibility index (Phi) is 6.21. The number of ether oxygens (including phenoxy) is 1. The van der Waals surface area contributed by atoms with Crippen LogP contribution in [-0.2, 0) is 17.8 Å². The van der Waals surface area contributed by atoms with Crippen molar-refractivity contribution in [2.24, 2.45) is 0 Å². The standard InChI is InChI=1S/C20H25NO2/c1-4-16-10-12-18(13-11-16)23-19(5-2)20(22)21-14-17-8-6-15(3)7-9-17/h6-13,19H,4-5,14H2,1-3H3,(H,21,22). The van der Waals surface area contributed by atoms with E-state index < -0.39 is 6.10 Å². The minimum Gasteiger partial charge on any atom is -0.481 e. The molecule has 0 heterocycles. The van der Waals surface area contributed by atoms with Crippen molar-refractivity contribution in [3.8, 4) is 5.75 Å². The summed E-state index contributed by atoms with van der Waals surface area (Å²) in [6.45, 7) is 6.64. The van der Waals surface area contributed by atoms with Crippen LogP contribution in [0.5, 0.6) is 5.75 Å². The van der Waals surface area contributed by atoms with Crippen LogP contribution >= 0.6 is 0 Å². The van der Waals surface area contributed by atoms with Gasteiger partial charge in [0.2, 0.25) is 0 Å². The van der Waals surface area contributed by atoms with Crippen LogP contribution in [0.3, 0.4) is 0 Å². The van der Waals surface area contributed by atoms with E-state index >= 15 is 0 Å². The molecule has 1 unspecified atom stereocenters. The van der Waals surface area contributed by atoms with Crippen molar-refractivity contribution in [3.63, 3.8) is 0 Å². The Bertz CT molecular complexity index is 617. The summed E-state index contributed by atoms with van der Waals surface area (Å²) < 4.78 is 5.82. The third-order valence-electron chi connectivity index (χ3n) is 3.86. The van der Waals surface area contributed by atoms with Crippen LogP contribution in [-0.4, -0.2) is 12.0 Å². The molecule has 3 nitrogen and oxygen atoms in total. The summed E-state index contributed by atoms with van der Waals surface area (Å²) in [5.41, 5.74) is 3.56. The molecule has 1 amide bonds. The molecular formula is C20H25NO2. The van der Waals surface area contributed by atoms with Crippen molar-refractivity contribution in [3.05, 3.63) is 65.2 Å². The van der Waals surface area contributed by atoms with Gasteiger partial charge in [-0.05, 0) is 43.0 Å². The van der Waals surface area contributed by atoms with Crippen molar-refractivity contribution < 1.29 is 9.53 Å². The molecule has 1 N–H and O–H groups in total. The Morgan fingerprint density at radius 3 is 2.17 bits per heavy atom. The molecule has 2 aromatic carbocycles. The highest BCUT2D eigenvalue weighted by molar-refractivity contribution is 5.81. The summed E-state index contributed by atoms with van der Waals surface area (Å²) in [7, 11) is 0. The maximum Gasteiger partial charge on any atom is 0.261 e. The first-order valence-electron chi connectivity index (χ1n) is 8.21. The quantitative estimate of drug-likeness (QED) is 0.838. The van der Waals surface area contributed by atoms with Crippen molar-refractivity contribution in [1.82, 2.24) is 5.32 Å². The van der Waals surface area contributed by atoms with Gasteiger partial charge in [-0.25, -0.2) is 0 Å². The highest BCUT2D eigenvalue weighted by atomic mass is 16.5. The lowest BCUT2D eigenvalue weighted by Crippen LogP contribution is -2.37. The van der Waals surface area contributed by atoms with Gasteiger partial charge in [0.25, 0.3) is 5.91 Å². The van der Waals surface area contributed by atoms with E-state index in [1.807, 2.05) is 62.4 Å². The van der Waals surface area contributed by atoms with Gasteiger partial charge in [-0.3, -0.25) is 4.79 Å². The number of amides is 1. The third kappa shape index (κ3) is 5.13. The molecule has 1 atom stereocenters. The van der Waals surface area contributed by atoms with E-state index in [9.17, 15) is 4.79 Å². The fraction of sp³-hybridized carbons (Fsp3) is 0.350. The van der Waals surface area contributed by atoms with Gasteiger partial charge in [0.1, 0.15) is 5.75 Å². The summed E-state index contributed by atoms with van der Waals surface area (Å²) in [4.78, 5) is 12.3. The van der Waals surface area contributed by atoms with Gasteiger partial charge in [0.05, 0.1) is 0 Å². The van der Waals surface area contributed by atoms with Gasteiger partial charge < -0.3 is 10.1 Å². The molecule has 0 aliphatic rings. The van der Waals surface area contributed by atoms with Crippen molar-refractivity contribution in [2.45, 2.75) is 46.3 Å². The average molecular weight is 311 g/mol. The number of aryl methyl sites for hydroxylation is 2. The van der Waals surface area contributed by atoms with E-state index in [1.165, 1.54) is 11.1 Å². The lowest BCUT2D eigenvalue weighted by molar-refractivity contribution is -0.128. The molecule has 23 heavy (non-hydrogen) atoms. The second-order valence-electron chi connectivity index (χ2n) is 5.72. The number of carbonyl (C=O) groups is 1. The van der Waals surface area contributed by atoms with Crippen LogP contribution in [0.15, 0.2) is 48.5 Å². The van der Waals surface area contributed by atoms with Crippen molar-refractivity contribution in [2.75, 3.05) is 0 Å². The van der Waals surface area contributed by atoms with E-state index in [4.69, 9.17) is 4.74 Å². The zero-order chi connectivity index (χ0) is 16.7. The highest BCUT2D eigenvalue weighted by Crippen LogP contribution is 2.15. The minimum absolute atomic E-state index is 0.0763. The fourth-order valence-electron chi connectivity index (χ4n) is 2.30. The SMILES string of the molecule is CCc1ccc(OC(CC)C(=O)NCc2ccc(C)cc2)cc1. The van der Waals surface area contributed by atoms with E-state index in [0.717, 1.165) is 17.7 Å². The van der Waals surface area contributed by atoms with Crippen LogP contribution in [0, 0.1) is 6.92 Å².